The van der Waals surface area contributed by atoms with Gasteiger partial charge in [-0.3, -0.25) is 4.90 Å². The highest BCUT2D eigenvalue weighted by Crippen LogP contribution is 2.26. The molecule has 1 aliphatic rings. The van der Waals surface area contributed by atoms with Crippen molar-refractivity contribution in [1.29, 1.82) is 0 Å². The molecule has 0 bridgehead atoms. The van der Waals surface area contributed by atoms with Gasteiger partial charge in [-0.25, -0.2) is 0 Å². The third kappa shape index (κ3) is 5.88. The molecule has 3 aromatic rings. The standard InChI is InChI=1S/C27H32N2O3/c1-31-26-14-12-24(13-15-26)29-18-16-28(17-19-29)20-25(30)21-32-27(22-8-4-2-5-9-22)23-10-6-3-7-11-23/h2-15,25,27,30H,16-21H2,1H3/t25-/m1/s1. The summed E-state index contributed by atoms with van der Waals surface area (Å²) in [6, 6.07) is 28.6. The fourth-order valence-corrected chi connectivity index (χ4v) is 4.18. The van der Waals surface area contributed by atoms with E-state index in [1.165, 1.54) is 5.69 Å². The van der Waals surface area contributed by atoms with E-state index in [1.807, 2.05) is 48.5 Å². The molecule has 0 aromatic heterocycles. The van der Waals surface area contributed by atoms with Crippen LogP contribution in [0.2, 0.25) is 0 Å². The molecule has 0 radical (unpaired) electrons. The van der Waals surface area contributed by atoms with Crippen LogP contribution in [-0.4, -0.2) is 62.6 Å². The first-order valence-corrected chi connectivity index (χ1v) is 11.2. The molecule has 32 heavy (non-hydrogen) atoms. The number of β-amino-alcohol motifs (C(OH)–C–C–N with tert-alkyl or cyclic N) is 1. The molecule has 1 heterocycles. The molecule has 0 unspecified atom stereocenters. The zero-order chi connectivity index (χ0) is 22.2. The topological polar surface area (TPSA) is 45.2 Å². The normalized spacial score (nSPS) is 15.7. The van der Waals surface area contributed by atoms with Crippen molar-refractivity contribution in [2.75, 3.05) is 51.3 Å². The monoisotopic (exact) mass is 432 g/mol. The number of ether oxygens (including phenoxy) is 2. The molecule has 168 valence electrons. The van der Waals surface area contributed by atoms with Crippen LogP contribution in [0.15, 0.2) is 84.9 Å². The van der Waals surface area contributed by atoms with Gasteiger partial charge in [-0.15, -0.1) is 0 Å². The summed E-state index contributed by atoms with van der Waals surface area (Å²) in [5.41, 5.74) is 3.40. The Morgan fingerprint density at radius 1 is 0.781 bits per heavy atom. The zero-order valence-electron chi connectivity index (χ0n) is 18.6. The van der Waals surface area contributed by atoms with Crippen molar-refractivity contribution in [3.63, 3.8) is 0 Å². The van der Waals surface area contributed by atoms with Crippen molar-refractivity contribution in [3.8, 4) is 5.75 Å². The van der Waals surface area contributed by atoms with E-state index in [1.54, 1.807) is 7.11 Å². The number of nitrogens with zero attached hydrogens (tertiary/aromatic N) is 2. The Bertz CT molecular complexity index is 887. The van der Waals surface area contributed by atoms with Crippen molar-refractivity contribution in [2.45, 2.75) is 12.2 Å². The summed E-state index contributed by atoms with van der Waals surface area (Å²) in [4.78, 5) is 4.69. The van der Waals surface area contributed by atoms with Gasteiger partial charge >= 0.3 is 0 Å². The minimum absolute atomic E-state index is 0.182. The molecule has 1 aliphatic heterocycles. The summed E-state index contributed by atoms with van der Waals surface area (Å²) in [7, 11) is 1.69. The molecule has 1 N–H and O–H groups in total. The first kappa shape index (κ1) is 22.3. The summed E-state index contributed by atoms with van der Waals surface area (Å²) in [5.74, 6) is 0.875. The molecule has 0 amide bonds. The molecule has 0 spiro atoms. The maximum atomic E-state index is 10.7. The largest absolute Gasteiger partial charge is 0.497 e. The minimum Gasteiger partial charge on any atom is -0.497 e. The number of benzene rings is 3. The van der Waals surface area contributed by atoms with Crippen LogP contribution in [0.25, 0.3) is 0 Å². The average molecular weight is 433 g/mol. The summed E-state index contributed by atoms with van der Waals surface area (Å²) < 4.78 is 11.5. The molecule has 5 nitrogen and oxygen atoms in total. The Morgan fingerprint density at radius 2 is 1.34 bits per heavy atom. The van der Waals surface area contributed by atoms with Crippen molar-refractivity contribution < 1.29 is 14.6 Å². The third-order valence-electron chi connectivity index (χ3n) is 5.94. The van der Waals surface area contributed by atoms with E-state index in [0.29, 0.717) is 13.2 Å². The van der Waals surface area contributed by atoms with E-state index in [2.05, 4.69) is 46.2 Å². The maximum absolute atomic E-state index is 10.7. The van der Waals surface area contributed by atoms with Gasteiger partial charge < -0.3 is 19.5 Å². The predicted octanol–water partition coefficient (Wildman–Crippen LogP) is 3.98. The number of rotatable bonds is 9. The molecule has 3 aromatic carbocycles. The van der Waals surface area contributed by atoms with Gasteiger partial charge in [0, 0.05) is 38.4 Å². The summed E-state index contributed by atoms with van der Waals surface area (Å²) in [6.45, 7) is 4.64. The quantitative estimate of drug-likeness (QED) is 0.554. The van der Waals surface area contributed by atoms with Gasteiger partial charge in [0.2, 0.25) is 0 Å². The van der Waals surface area contributed by atoms with E-state index < -0.39 is 6.10 Å². The van der Waals surface area contributed by atoms with Gasteiger partial charge in [-0.05, 0) is 35.4 Å². The van der Waals surface area contributed by atoms with Crippen LogP contribution in [-0.2, 0) is 4.74 Å². The van der Waals surface area contributed by atoms with Crippen molar-refractivity contribution in [1.82, 2.24) is 4.90 Å². The lowest BCUT2D eigenvalue weighted by Gasteiger charge is -2.37. The lowest BCUT2D eigenvalue weighted by atomic mass is 10.0. The Hall–Kier alpha value is -2.86. The number of aliphatic hydroxyl groups is 1. The number of hydrogen-bond donors (Lipinski definition) is 1. The van der Waals surface area contributed by atoms with Gasteiger partial charge in [0.1, 0.15) is 11.9 Å². The predicted molar refractivity (Wildman–Crippen MR) is 128 cm³/mol. The first-order valence-electron chi connectivity index (χ1n) is 11.2. The number of anilines is 1. The van der Waals surface area contributed by atoms with E-state index in [-0.39, 0.29) is 6.10 Å². The Kier molecular flexibility index (Phi) is 7.77. The van der Waals surface area contributed by atoms with Gasteiger partial charge in [0.25, 0.3) is 0 Å². The fraction of sp³-hybridized carbons (Fsp3) is 0.333. The highest BCUT2D eigenvalue weighted by Gasteiger charge is 2.21. The lowest BCUT2D eigenvalue weighted by Crippen LogP contribution is -2.49. The molecule has 5 heteroatoms. The number of hydrogen-bond acceptors (Lipinski definition) is 5. The highest BCUT2D eigenvalue weighted by molar-refractivity contribution is 5.49. The molecule has 0 aliphatic carbocycles. The van der Waals surface area contributed by atoms with Crippen molar-refractivity contribution in [2.24, 2.45) is 0 Å². The second-order valence-corrected chi connectivity index (χ2v) is 8.17. The third-order valence-corrected chi connectivity index (χ3v) is 5.94. The van der Waals surface area contributed by atoms with Crippen LogP contribution in [0.1, 0.15) is 17.2 Å². The second kappa shape index (κ2) is 11.1. The summed E-state index contributed by atoms with van der Waals surface area (Å²) in [5, 5.41) is 10.7. The van der Waals surface area contributed by atoms with Crippen LogP contribution in [0.5, 0.6) is 5.75 Å². The molecular formula is C27H32N2O3. The van der Waals surface area contributed by atoms with Gasteiger partial charge in [0.05, 0.1) is 19.8 Å². The van der Waals surface area contributed by atoms with Gasteiger partial charge in [-0.2, -0.15) is 0 Å². The van der Waals surface area contributed by atoms with Crippen molar-refractivity contribution >= 4 is 5.69 Å². The van der Waals surface area contributed by atoms with E-state index >= 15 is 0 Å². The van der Waals surface area contributed by atoms with E-state index in [9.17, 15) is 5.11 Å². The second-order valence-electron chi connectivity index (χ2n) is 8.17. The number of methoxy groups -OCH3 is 1. The molecule has 1 saturated heterocycles. The zero-order valence-corrected chi connectivity index (χ0v) is 18.6. The van der Waals surface area contributed by atoms with Crippen LogP contribution < -0.4 is 9.64 Å². The maximum Gasteiger partial charge on any atom is 0.119 e. The van der Waals surface area contributed by atoms with Gasteiger partial charge in [-0.1, -0.05) is 60.7 Å². The van der Waals surface area contributed by atoms with E-state index in [0.717, 1.165) is 43.1 Å². The Balaban J connectivity index is 1.28. The molecule has 4 rings (SSSR count). The van der Waals surface area contributed by atoms with Crippen LogP contribution in [0.4, 0.5) is 5.69 Å². The van der Waals surface area contributed by atoms with Crippen LogP contribution in [0, 0.1) is 0 Å². The number of piperazine rings is 1. The fourth-order valence-electron chi connectivity index (χ4n) is 4.18. The molecule has 1 atom stereocenters. The highest BCUT2D eigenvalue weighted by atomic mass is 16.5. The Morgan fingerprint density at radius 3 is 1.88 bits per heavy atom. The SMILES string of the molecule is COc1ccc(N2CCN(C[C@@H](O)COC(c3ccccc3)c3ccccc3)CC2)cc1. The van der Waals surface area contributed by atoms with Crippen LogP contribution in [0.3, 0.4) is 0 Å². The first-order chi connectivity index (χ1) is 15.7. The number of aliphatic hydroxyl groups excluding tert-OH is 1. The minimum atomic E-state index is -0.530. The van der Waals surface area contributed by atoms with E-state index in [4.69, 9.17) is 9.47 Å². The smallest absolute Gasteiger partial charge is 0.119 e. The average Bonchev–Trinajstić information content (AvgIpc) is 2.86. The van der Waals surface area contributed by atoms with Gasteiger partial charge in [0.15, 0.2) is 0 Å². The molecular weight excluding hydrogens is 400 g/mol. The Labute approximate surface area is 190 Å². The molecule has 1 fully saturated rings. The molecule has 0 saturated carbocycles. The summed E-state index contributed by atoms with van der Waals surface area (Å²) in [6.07, 6.45) is -0.712. The van der Waals surface area contributed by atoms with Crippen LogP contribution >= 0.6 is 0 Å². The summed E-state index contributed by atoms with van der Waals surface area (Å²) >= 11 is 0. The van der Waals surface area contributed by atoms with Crippen molar-refractivity contribution in [3.05, 3.63) is 96.1 Å². The lowest BCUT2D eigenvalue weighted by molar-refractivity contribution is -0.00893.